The van der Waals surface area contributed by atoms with Gasteiger partial charge >= 0.3 is 0 Å². The second-order valence-electron chi connectivity index (χ2n) is 3.88. The lowest BCUT2D eigenvalue weighted by molar-refractivity contribution is 0.773. The van der Waals surface area contributed by atoms with E-state index in [0.29, 0.717) is 0 Å². The third-order valence-corrected chi connectivity index (χ3v) is 2.83. The lowest BCUT2D eigenvalue weighted by Gasteiger charge is -2.21. The van der Waals surface area contributed by atoms with E-state index >= 15 is 0 Å². The van der Waals surface area contributed by atoms with Crippen molar-refractivity contribution < 1.29 is 0 Å². The van der Waals surface area contributed by atoms with E-state index in [1.54, 1.807) is 0 Å². The van der Waals surface area contributed by atoms with Crippen LogP contribution in [0, 0.1) is 0 Å². The first kappa shape index (κ1) is 10.9. The number of nitrogens with one attached hydrogen (secondary N) is 1. The summed E-state index contributed by atoms with van der Waals surface area (Å²) >= 11 is 0. The largest absolute Gasteiger partial charge is 0.399 e. The average molecular weight is 192 g/mol. The summed E-state index contributed by atoms with van der Waals surface area (Å²) in [6.07, 6.45) is 3.20. The Morgan fingerprint density at radius 3 is 2.50 bits per heavy atom. The third-order valence-electron chi connectivity index (χ3n) is 2.83. The van der Waals surface area contributed by atoms with Gasteiger partial charge in [0.2, 0.25) is 0 Å². The number of nitrogens with two attached hydrogens (primary N) is 1. The molecule has 0 amide bonds. The van der Waals surface area contributed by atoms with Crippen LogP contribution in [0.5, 0.6) is 0 Å². The van der Waals surface area contributed by atoms with Crippen LogP contribution in [0.2, 0.25) is 0 Å². The van der Waals surface area contributed by atoms with Crippen molar-refractivity contribution in [3.63, 3.8) is 0 Å². The maximum Gasteiger partial charge on any atom is 0.0414 e. The van der Waals surface area contributed by atoms with E-state index < -0.39 is 0 Å². The highest BCUT2D eigenvalue weighted by Gasteiger charge is 2.10. The van der Waals surface area contributed by atoms with E-state index in [1.165, 1.54) is 22.4 Å². The molecule has 78 valence electrons. The van der Waals surface area contributed by atoms with Gasteiger partial charge in [0.25, 0.3) is 0 Å². The Morgan fingerprint density at radius 1 is 1.50 bits per heavy atom. The Labute approximate surface area is 86.6 Å². The predicted octanol–water partition coefficient (Wildman–Crippen LogP) is 2.45. The van der Waals surface area contributed by atoms with Crippen molar-refractivity contribution in [2.75, 3.05) is 6.54 Å². The number of rotatable bonds is 3. The van der Waals surface area contributed by atoms with E-state index in [9.17, 15) is 0 Å². The lowest BCUT2D eigenvalue weighted by atomic mass is 10.0. The van der Waals surface area contributed by atoms with Crippen LogP contribution >= 0.6 is 0 Å². The summed E-state index contributed by atoms with van der Waals surface area (Å²) in [5, 5.41) is 3.22. The van der Waals surface area contributed by atoms with Crippen LogP contribution in [0.3, 0.4) is 0 Å². The molecule has 0 saturated heterocycles. The minimum Gasteiger partial charge on any atom is -0.399 e. The van der Waals surface area contributed by atoms with Crippen molar-refractivity contribution in [2.24, 2.45) is 5.73 Å². The molecule has 3 N–H and O–H groups in total. The molecule has 0 fully saturated rings. The molecule has 14 heavy (non-hydrogen) atoms. The topological polar surface area (TPSA) is 38.0 Å². The highest BCUT2D eigenvalue weighted by atomic mass is 14.9. The van der Waals surface area contributed by atoms with Gasteiger partial charge in [0, 0.05) is 17.9 Å². The van der Waals surface area contributed by atoms with Crippen molar-refractivity contribution >= 4 is 0 Å². The van der Waals surface area contributed by atoms with Crippen molar-refractivity contribution in [1.82, 2.24) is 5.32 Å². The molecular weight excluding hydrogens is 172 g/mol. The first-order valence-electron chi connectivity index (χ1n) is 5.13. The molecule has 0 atom stereocenters. The molecule has 1 heterocycles. The van der Waals surface area contributed by atoms with E-state index in [-0.39, 0.29) is 0 Å². The standard InChI is InChI=1S/C12H20N2/c1-5-8(2)12(13)9(3)6-11-7-14-10(11)4/h6,14H,5,7,13H2,1-4H3/b9-6-,12-8-. The predicted molar refractivity (Wildman–Crippen MR) is 61.6 cm³/mol. The minimum atomic E-state index is 0.944. The molecule has 0 aromatic rings. The fraction of sp³-hybridized carbons (Fsp3) is 0.500. The van der Waals surface area contributed by atoms with Crippen LogP contribution in [-0.2, 0) is 0 Å². The molecule has 0 aromatic heterocycles. The summed E-state index contributed by atoms with van der Waals surface area (Å²) in [4.78, 5) is 0. The number of hydrogen-bond donors (Lipinski definition) is 2. The maximum atomic E-state index is 6.01. The highest BCUT2D eigenvalue weighted by Crippen LogP contribution is 2.18. The molecule has 0 aromatic carbocycles. The van der Waals surface area contributed by atoms with Crippen molar-refractivity contribution in [2.45, 2.75) is 34.1 Å². The average Bonchev–Trinajstić information content (AvgIpc) is 2.20. The van der Waals surface area contributed by atoms with Gasteiger partial charge in [-0.25, -0.2) is 0 Å². The Kier molecular flexibility index (Phi) is 3.39. The van der Waals surface area contributed by atoms with E-state index in [4.69, 9.17) is 5.73 Å². The van der Waals surface area contributed by atoms with Crippen molar-refractivity contribution in [3.05, 3.63) is 34.2 Å². The lowest BCUT2D eigenvalue weighted by Crippen LogP contribution is -2.27. The maximum absolute atomic E-state index is 6.01. The van der Waals surface area contributed by atoms with Gasteiger partial charge in [0.1, 0.15) is 0 Å². The summed E-state index contributed by atoms with van der Waals surface area (Å²) in [5.41, 5.74) is 12.0. The summed E-state index contributed by atoms with van der Waals surface area (Å²) < 4.78 is 0. The number of allylic oxidation sites excluding steroid dienone is 3. The van der Waals surface area contributed by atoms with Gasteiger partial charge in [-0.1, -0.05) is 18.6 Å². The molecule has 2 nitrogen and oxygen atoms in total. The van der Waals surface area contributed by atoms with Crippen molar-refractivity contribution in [1.29, 1.82) is 0 Å². The first-order valence-corrected chi connectivity index (χ1v) is 5.13. The Bertz CT molecular complexity index is 319. The zero-order valence-corrected chi connectivity index (χ0v) is 9.57. The Balaban J connectivity index is 2.85. The third kappa shape index (κ3) is 2.19. The Hall–Kier alpha value is -1.18. The summed E-state index contributed by atoms with van der Waals surface area (Å²) in [6, 6.07) is 0. The van der Waals surface area contributed by atoms with Crippen LogP contribution in [0.15, 0.2) is 34.2 Å². The summed E-state index contributed by atoms with van der Waals surface area (Å²) in [7, 11) is 0. The molecular formula is C12H20N2. The highest BCUT2D eigenvalue weighted by molar-refractivity contribution is 5.41. The fourth-order valence-corrected chi connectivity index (χ4v) is 1.39. The van der Waals surface area contributed by atoms with E-state index in [1.807, 2.05) is 0 Å². The Morgan fingerprint density at radius 2 is 2.14 bits per heavy atom. The minimum absolute atomic E-state index is 0.944. The smallest absolute Gasteiger partial charge is 0.0414 e. The van der Waals surface area contributed by atoms with Gasteiger partial charge in [0.05, 0.1) is 0 Å². The molecule has 0 aliphatic carbocycles. The quantitative estimate of drug-likeness (QED) is 0.674. The molecule has 2 heteroatoms. The van der Waals surface area contributed by atoms with Crippen LogP contribution in [-0.4, -0.2) is 6.54 Å². The van der Waals surface area contributed by atoms with Gasteiger partial charge in [-0.2, -0.15) is 0 Å². The van der Waals surface area contributed by atoms with Gasteiger partial charge in [0.15, 0.2) is 0 Å². The van der Waals surface area contributed by atoms with Gasteiger partial charge < -0.3 is 11.1 Å². The molecule has 0 unspecified atom stereocenters. The van der Waals surface area contributed by atoms with Gasteiger partial charge in [-0.15, -0.1) is 0 Å². The zero-order chi connectivity index (χ0) is 10.7. The first-order chi connectivity index (χ1) is 6.56. The van der Waals surface area contributed by atoms with Crippen LogP contribution in [0.25, 0.3) is 0 Å². The molecule has 0 spiro atoms. The fourth-order valence-electron chi connectivity index (χ4n) is 1.39. The van der Waals surface area contributed by atoms with Crippen LogP contribution in [0.1, 0.15) is 34.1 Å². The SMILES string of the molecule is CC/C(C)=C(N)/C(C)=C\C1=C(C)NC1. The monoisotopic (exact) mass is 192 g/mol. The second-order valence-corrected chi connectivity index (χ2v) is 3.88. The molecule has 1 rings (SSSR count). The van der Waals surface area contributed by atoms with Crippen molar-refractivity contribution in [3.8, 4) is 0 Å². The zero-order valence-electron chi connectivity index (χ0n) is 9.57. The molecule has 1 aliphatic heterocycles. The van der Waals surface area contributed by atoms with E-state index in [0.717, 1.165) is 18.7 Å². The normalized spacial score (nSPS) is 18.7. The molecule has 0 saturated carbocycles. The van der Waals surface area contributed by atoms with Crippen LogP contribution in [0.4, 0.5) is 0 Å². The second kappa shape index (κ2) is 4.36. The van der Waals surface area contributed by atoms with E-state index in [2.05, 4.69) is 39.1 Å². The molecule has 1 aliphatic rings. The molecule has 0 bridgehead atoms. The van der Waals surface area contributed by atoms with Gasteiger partial charge in [-0.3, -0.25) is 0 Å². The number of hydrogen-bond acceptors (Lipinski definition) is 2. The van der Waals surface area contributed by atoms with Crippen LogP contribution < -0.4 is 11.1 Å². The summed E-state index contributed by atoms with van der Waals surface area (Å²) in [6.45, 7) is 9.36. The van der Waals surface area contributed by atoms with Gasteiger partial charge in [-0.05, 0) is 38.3 Å². The summed E-state index contributed by atoms with van der Waals surface area (Å²) in [5.74, 6) is 0. The molecule has 0 radical (unpaired) electrons.